The van der Waals surface area contributed by atoms with Crippen molar-refractivity contribution in [2.24, 2.45) is 0 Å². The van der Waals surface area contributed by atoms with Crippen LogP contribution in [-0.4, -0.2) is 23.5 Å². The Balaban J connectivity index is 1.91. The fourth-order valence-corrected chi connectivity index (χ4v) is 2.61. The van der Waals surface area contributed by atoms with Crippen molar-refractivity contribution in [2.75, 3.05) is 13.6 Å². The van der Waals surface area contributed by atoms with E-state index in [0.717, 1.165) is 42.6 Å². The molecule has 0 aliphatic carbocycles. The van der Waals surface area contributed by atoms with Gasteiger partial charge in [0, 0.05) is 24.0 Å². The minimum absolute atomic E-state index is 0.794. The largest absolute Gasteiger partial charge is 0.468 e. The zero-order valence-electron chi connectivity index (χ0n) is 11.8. The van der Waals surface area contributed by atoms with E-state index in [4.69, 9.17) is 4.42 Å². The summed E-state index contributed by atoms with van der Waals surface area (Å²) in [7, 11) is 2.11. The van der Waals surface area contributed by atoms with Crippen LogP contribution in [0.1, 0.15) is 28.9 Å². The minimum Gasteiger partial charge on any atom is -0.468 e. The molecule has 2 aromatic heterocycles. The third kappa shape index (κ3) is 4.16. The highest BCUT2D eigenvalue weighted by atomic mass is 32.1. The zero-order chi connectivity index (χ0) is 13.7. The molecule has 0 fully saturated rings. The molecule has 4 nitrogen and oxygen atoms in total. The summed E-state index contributed by atoms with van der Waals surface area (Å²) in [6.45, 7) is 7.64. The summed E-state index contributed by atoms with van der Waals surface area (Å²) >= 11 is 1.70. The molecule has 0 saturated heterocycles. The van der Waals surface area contributed by atoms with E-state index in [0.29, 0.717) is 0 Å². The Morgan fingerprint density at radius 1 is 1.42 bits per heavy atom. The maximum atomic E-state index is 5.52. The average molecular weight is 279 g/mol. The van der Waals surface area contributed by atoms with E-state index in [2.05, 4.69) is 40.6 Å². The molecule has 0 amide bonds. The van der Waals surface area contributed by atoms with Crippen molar-refractivity contribution < 1.29 is 4.42 Å². The van der Waals surface area contributed by atoms with Crippen LogP contribution in [0.15, 0.2) is 22.1 Å². The molecule has 0 radical (unpaired) electrons. The Bertz CT molecular complexity index is 506. The van der Waals surface area contributed by atoms with Gasteiger partial charge in [0.25, 0.3) is 0 Å². The van der Waals surface area contributed by atoms with Gasteiger partial charge in [-0.2, -0.15) is 0 Å². The molecule has 0 aliphatic rings. The van der Waals surface area contributed by atoms with Crippen molar-refractivity contribution >= 4 is 11.3 Å². The van der Waals surface area contributed by atoms with Crippen LogP contribution in [0.5, 0.6) is 0 Å². The van der Waals surface area contributed by atoms with Crippen molar-refractivity contribution in [1.82, 2.24) is 15.2 Å². The van der Waals surface area contributed by atoms with Gasteiger partial charge in [-0.05, 0) is 26.6 Å². The van der Waals surface area contributed by atoms with Crippen LogP contribution in [0.4, 0.5) is 0 Å². The van der Waals surface area contributed by atoms with Crippen LogP contribution in [0.3, 0.4) is 0 Å². The highest BCUT2D eigenvalue weighted by molar-refractivity contribution is 7.09. The molecule has 5 heteroatoms. The number of aromatic nitrogens is 1. The van der Waals surface area contributed by atoms with Gasteiger partial charge in [-0.3, -0.25) is 4.90 Å². The number of furan rings is 1. The first-order chi connectivity index (χ1) is 9.19. The smallest absolute Gasteiger partial charge is 0.122 e. The van der Waals surface area contributed by atoms with Gasteiger partial charge in [0.1, 0.15) is 5.76 Å². The third-order valence-corrected chi connectivity index (χ3v) is 3.73. The highest BCUT2D eigenvalue weighted by Gasteiger charge is 2.10. The first-order valence-electron chi connectivity index (χ1n) is 6.54. The molecular weight excluding hydrogens is 258 g/mol. The molecule has 0 atom stereocenters. The molecule has 0 unspecified atom stereocenters. The van der Waals surface area contributed by atoms with Crippen molar-refractivity contribution in [3.05, 3.63) is 39.7 Å². The monoisotopic (exact) mass is 279 g/mol. The van der Waals surface area contributed by atoms with Crippen LogP contribution in [0.2, 0.25) is 0 Å². The van der Waals surface area contributed by atoms with Crippen LogP contribution >= 0.6 is 11.3 Å². The Morgan fingerprint density at radius 2 is 2.26 bits per heavy atom. The third-order valence-electron chi connectivity index (χ3n) is 2.91. The summed E-state index contributed by atoms with van der Waals surface area (Å²) < 4.78 is 5.52. The lowest BCUT2D eigenvalue weighted by atomic mass is 10.2. The van der Waals surface area contributed by atoms with E-state index in [1.807, 2.05) is 6.92 Å². The number of hydrogen-bond acceptors (Lipinski definition) is 5. The summed E-state index contributed by atoms with van der Waals surface area (Å²) in [5.74, 6) is 1.03. The van der Waals surface area contributed by atoms with Crippen molar-refractivity contribution in [1.29, 1.82) is 0 Å². The predicted octanol–water partition coefficient (Wildman–Crippen LogP) is 2.79. The van der Waals surface area contributed by atoms with Gasteiger partial charge < -0.3 is 9.73 Å². The van der Waals surface area contributed by atoms with Gasteiger partial charge in [0.2, 0.25) is 0 Å². The van der Waals surface area contributed by atoms with Gasteiger partial charge in [0.15, 0.2) is 0 Å². The van der Waals surface area contributed by atoms with E-state index in [1.165, 1.54) is 5.56 Å². The lowest BCUT2D eigenvalue weighted by Crippen LogP contribution is -2.19. The summed E-state index contributed by atoms with van der Waals surface area (Å²) in [5.41, 5.74) is 2.39. The Kier molecular flexibility index (Phi) is 5.13. The van der Waals surface area contributed by atoms with Crippen molar-refractivity contribution in [2.45, 2.75) is 33.5 Å². The molecule has 104 valence electrons. The maximum absolute atomic E-state index is 5.52. The number of aryl methyl sites for hydroxylation is 1. The fourth-order valence-electron chi connectivity index (χ4n) is 2.01. The molecule has 19 heavy (non-hydrogen) atoms. The predicted molar refractivity (Wildman–Crippen MR) is 78.1 cm³/mol. The number of nitrogens with one attached hydrogen (secondary N) is 1. The molecule has 2 rings (SSSR count). The van der Waals surface area contributed by atoms with Crippen LogP contribution in [0.25, 0.3) is 0 Å². The van der Waals surface area contributed by atoms with Crippen LogP contribution in [0, 0.1) is 6.92 Å². The van der Waals surface area contributed by atoms with Crippen molar-refractivity contribution in [3.8, 4) is 0 Å². The lowest BCUT2D eigenvalue weighted by molar-refractivity contribution is 0.311. The topological polar surface area (TPSA) is 41.3 Å². The van der Waals surface area contributed by atoms with Gasteiger partial charge in [0.05, 0.1) is 23.5 Å². The molecule has 0 bridgehead atoms. The molecule has 2 aromatic rings. The van der Waals surface area contributed by atoms with Crippen molar-refractivity contribution in [3.63, 3.8) is 0 Å². The van der Waals surface area contributed by atoms with Crippen LogP contribution in [-0.2, 0) is 19.6 Å². The molecule has 2 heterocycles. The second-order valence-electron chi connectivity index (χ2n) is 4.68. The molecule has 0 aliphatic heterocycles. The molecule has 0 spiro atoms. The highest BCUT2D eigenvalue weighted by Crippen LogP contribution is 2.15. The Morgan fingerprint density at radius 3 is 2.95 bits per heavy atom. The second-order valence-corrected chi connectivity index (χ2v) is 5.74. The van der Waals surface area contributed by atoms with E-state index < -0.39 is 0 Å². The van der Waals surface area contributed by atoms with E-state index >= 15 is 0 Å². The second kappa shape index (κ2) is 6.84. The lowest BCUT2D eigenvalue weighted by Gasteiger charge is -2.15. The molecule has 1 N–H and O–H groups in total. The van der Waals surface area contributed by atoms with E-state index in [9.17, 15) is 0 Å². The first-order valence-corrected chi connectivity index (χ1v) is 7.42. The Hall–Kier alpha value is -1.17. The summed E-state index contributed by atoms with van der Waals surface area (Å²) in [6.07, 6.45) is 1.77. The SMILES string of the molecule is CCNCc1occc1CN(C)Cc1csc(C)n1. The quantitative estimate of drug-likeness (QED) is 0.846. The number of rotatable bonds is 7. The summed E-state index contributed by atoms with van der Waals surface area (Å²) in [6, 6.07) is 2.05. The number of nitrogens with zero attached hydrogens (tertiary/aromatic N) is 2. The number of thiazole rings is 1. The first kappa shape index (κ1) is 14.2. The van der Waals surface area contributed by atoms with E-state index in [1.54, 1.807) is 17.6 Å². The normalized spacial score (nSPS) is 11.4. The van der Waals surface area contributed by atoms with Gasteiger partial charge in [-0.15, -0.1) is 11.3 Å². The van der Waals surface area contributed by atoms with E-state index in [-0.39, 0.29) is 0 Å². The average Bonchev–Trinajstić information content (AvgIpc) is 2.96. The van der Waals surface area contributed by atoms with Crippen LogP contribution < -0.4 is 5.32 Å². The van der Waals surface area contributed by atoms with Gasteiger partial charge in [-0.25, -0.2) is 4.98 Å². The molecule has 0 aromatic carbocycles. The molecular formula is C14H21N3OS. The summed E-state index contributed by atoms with van der Waals surface area (Å²) in [4.78, 5) is 6.75. The van der Waals surface area contributed by atoms with Gasteiger partial charge >= 0.3 is 0 Å². The zero-order valence-corrected chi connectivity index (χ0v) is 12.6. The Labute approximate surface area is 118 Å². The molecule has 0 saturated carbocycles. The van der Waals surface area contributed by atoms with Gasteiger partial charge in [-0.1, -0.05) is 6.92 Å². The number of hydrogen-bond donors (Lipinski definition) is 1. The minimum atomic E-state index is 0.794. The summed E-state index contributed by atoms with van der Waals surface area (Å²) in [5, 5.41) is 6.54. The standard InChI is InChI=1S/C14H21N3OS/c1-4-15-7-14-12(5-6-18-14)8-17(3)9-13-10-19-11(2)16-13/h5-6,10,15H,4,7-9H2,1-3H3. The maximum Gasteiger partial charge on any atom is 0.122 e. The fraction of sp³-hybridized carbons (Fsp3) is 0.500.